The quantitative estimate of drug-likeness (QED) is 0.696. The number of rotatable bonds is 4. The molecule has 1 aromatic heterocycles. The van der Waals surface area contributed by atoms with Crippen molar-refractivity contribution in [1.29, 1.82) is 0 Å². The molecule has 2 aromatic carbocycles. The summed E-state index contributed by atoms with van der Waals surface area (Å²) in [4.78, 5) is 16.0. The molecule has 5 rings (SSSR count). The van der Waals surface area contributed by atoms with Gasteiger partial charge in [-0.1, -0.05) is 17.7 Å². The minimum absolute atomic E-state index is 0.0870. The molecule has 2 heterocycles. The van der Waals surface area contributed by atoms with E-state index in [4.69, 9.17) is 21.1 Å². The second-order valence-corrected chi connectivity index (χ2v) is 7.90. The first-order chi connectivity index (χ1) is 13.7. The number of carbonyl (C=O) groups is 1. The molecule has 1 amide bonds. The largest absolute Gasteiger partial charge is 0.454 e. The highest BCUT2D eigenvalue weighted by molar-refractivity contribution is 6.31. The van der Waals surface area contributed by atoms with Crippen LogP contribution in [-0.4, -0.2) is 23.7 Å². The molecule has 144 valence electrons. The van der Waals surface area contributed by atoms with Gasteiger partial charge in [0.25, 0.3) is 0 Å². The van der Waals surface area contributed by atoms with Crippen LogP contribution in [0.3, 0.4) is 0 Å². The lowest BCUT2D eigenvalue weighted by Crippen LogP contribution is -2.38. The van der Waals surface area contributed by atoms with Crippen LogP contribution in [0.25, 0.3) is 10.9 Å². The molecule has 0 bridgehead atoms. The summed E-state index contributed by atoms with van der Waals surface area (Å²) in [5.74, 6) is 1.62. The van der Waals surface area contributed by atoms with E-state index in [0.717, 1.165) is 46.9 Å². The van der Waals surface area contributed by atoms with Gasteiger partial charge in [-0.2, -0.15) is 0 Å². The summed E-state index contributed by atoms with van der Waals surface area (Å²) in [5, 5.41) is 5.12. The van der Waals surface area contributed by atoms with E-state index in [2.05, 4.69) is 10.3 Å². The fourth-order valence-electron chi connectivity index (χ4n) is 4.17. The number of hydrogen-bond acceptors (Lipinski definition) is 3. The summed E-state index contributed by atoms with van der Waals surface area (Å²) in [6, 6.07) is 11.9. The Morgan fingerprint density at radius 2 is 2.07 bits per heavy atom. The summed E-state index contributed by atoms with van der Waals surface area (Å²) in [5.41, 5.74) is 4.74. The van der Waals surface area contributed by atoms with Crippen LogP contribution in [0.4, 0.5) is 0 Å². The van der Waals surface area contributed by atoms with Gasteiger partial charge in [-0.3, -0.25) is 4.79 Å². The van der Waals surface area contributed by atoms with E-state index in [1.54, 1.807) is 0 Å². The Labute approximate surface area is 168 Å². The Hall–Kier alpha value is -2.66. The monoisotopic (exact) mass is 396 g/mol. The minimum Gasteiger partial charge on any atom is -0.454 e. The Morgan fingerprint density at radius 3 is 3.00 bits per heavy atom. The molecular weight excluding hydrogens is 376 g/mol. The standard InChI is InChI=1S/C22H21ClN2O3/c23-14-3-5-18-16(10-14)17-11-15(4-6-19(17)25-18)24-22(26)8-2-13-1-7-20-21(9-13)28-12-27-20/h1,3,5,7,9-10,15,25H,2,4,6,8,11-12H2,(H,24,26). The first kappa shape index (κ1) is 17.4. The molecule has 2 aliphatic rings. The lowest BCUT2D eigenvalue weighted by Gasteiger charge is -2.23. The smallest absolute Gasteiger partial charge is 0.231 e. The average Bonchev–Trinajstić information content (AvgIpc) is 3.30. The predicted molar refractivity (Wildman–Crippen MR) is 108 cm³/mol. The van der Waals surface area contributed by atoms with Crippen LogP contribution in [0.15, 0.2) is 36.4 Å². The molecule has 1 aliphatic carbocycles. The summed E-state index contributed by atoms with van der Waals surface area (Å²) >= 11 is 6.17. The minimum atomic E-state index is 0.0870. The molecule has 1 unspecified atom stereocenters. The summed E-state index contributed by atoms with van der Waals surface area (Å²) in [7, 11) is 0. The maximum Gasteiger partial charge on any atom is 0.231 e. The van der Waals surface area contributed by atoms with Gasteiger partial charge in [0.2, 0.25) is 12.7 Å². The maximum absolute atomic E-state index is 12.5. The highest BCUT2D eigenvalue weighted by atomic mass is 35.5. The molecule has 1 aliphatic heterocycles. The summed E-state index contributed by atoms with van der Waals surface area (Å²) in [6.45, 7) is 0.266. The number of carbonyl (C=O) groups excluding carboxylic acids is 1. The van der Waals surface area contributed by atoms with Gasteiger partial charge in [-0.25, -0.2) is 0 Å². The first-order valence-corrected chi connectivity index (χ1v) is 10.0. The number of fused-ring (bicyclic) bond motifs is 4. The van der Waals surface area contributed by atoms with Crippen molar-refractivity contribution in [3.63, 3.8) is 0 Å². The van der Waals surface area contributed by atoms with Crippen molar-refractivity contribution < 1.29 is 14.3 Å². The number of H-pyrrole nitrogens is 1. The zero-order valence-corrected chi connectivity index (χ0v) is 16.1. The Bertz CT molecular complexity index is 1060. The summed E-state index contributed by atoms with van der Waals surface area (Å²) < 4.78 is 10.7. The van der Waals surface area contributed by atoms with Crippen molar-refractivity contribution in [2.75, 3.05) is 6.79 Å². The van der Waals surface area contributed by atoms with Crippen LogP contribution in [-0.2, 0) is 24.1 Å². The second kappa shape index (κ2) is 7.06. The molecule has 1 atom stereocenters. The number of nitrogens with one attached hydrogen (secondary N) is 2. The van der Waals surface area contributed by atoms with Crippen LogP contribution in [0.5, 0.6) is 11.5 Å². The van der Waals surface area contributed by atoms with Crippen LogP contribution in [0.1, 0.15) is 29.7 Å². The number of hydrogen-bond donors (Lipinski definition) is 2. The van der Waals surface area contributed by atoms with Crippen molar-refractivity contribution in [3.05, 3.63) is 58.2 Å². The van der Waals surface area contributed by atoms with E-state index in [9.17, 15) is 4.79 Å². The SMILES string of the molecule is O=C(CCc1ccc2c(c1)OCO2)NC1CCc2[nH]c3ccc(Cl)cc3c2C1. The van der Waals surface area contributed by atoms with E-state index >= 15 is 0 Å². The molecule has 5 nitrogen and oxygen atoms in total. The van der Waals surface area contributed by atoms with Crippen LogP contribution >= 0.6 is 11.6 Å². The van der Waals surface area contributed by atoms with Gasteiger partial charge < -0.3 is 19.8 Å². The molecule has 2 N–H and O–H groups in total. The normalized spacial score (nSPS) is 17.5. The number of amides is 1. The van der Waals surface area contributed by atoms with Crippen molar-refractivity contribution >= 4 is 28.4 Å². The van der Waals surface area contributed by atoms with E-state index in [-0.39, 0.29) is 18.7 Å². The number of aryl methyl sites for hydroxylation is 2. The van der Waals surface area contributed by atoms with Gasteiger partial charge in [0.05, 0.1) is 0 Å². The third-order valence-electron chi connectivity index (χ3n) is 5.59. The fourth-order valence-corrected chi connectivity index (χ4v) is 4.34. The molecule has 0 radical (unpaired) electrons. The van der Waals surface area contributed by atoms with E-state index < -0.39 is 0 Å². The maximum atomic E-state index is 12.5. The number of ether oxygens (including phenoxy) is 2. The Kier molecular flexibility index (Phi) is 4.40. The van der Waals surface area contributed by atoms with Crippen molar-refractivity contribution in [2.24, 2.45) is 0 Å². The lowest BCUT2D eigenvalue weighted by atomic mass is 9.91. The van der Waals surface area contributed by atoms with Crippen molar-refractivity contribution in [3.8, 4) is 11.5 Å². The van der Waals surface area contributed by atoms with E-state index in [1.807, 2.05) is 36.4 Å². The predicted octanol–water partition coefficient (Wildman–Crippen LogP) is 4.16. The molecule has 0 saturated carbocycles. The van der Waals surface area contributed by atoms with Gasteiger partial charge in [-0.05, 0) is 67.1 Å². The zero-order chi connectivity index (χ0) is 19.1. The van der Waals surface area contributed by atoms with Crippen LogP contribution in [0.2, 0.25) is 5.02 Å². The molecule has 0 saturated heterocycles. The van der Waals surface area contributed by atoms with Crippen molar-refractivity contribution in [2.45, 2.75) is 38.1 Å². The highest BCUT2D eigenvalue weighted by Gasteiger charge is 2.24. The van der Waals surface area contributed by atoms with Gasteiger partial charge in [0, 0.05) is 34.1 Å². The van der Waals surface area contributed by atoms with E-state index in [0.29, 0.717) is 12.8 Å². The molecular formula is C22H21ClN2O3. The molecule has 0 fully saturated rings. The molecule has 3 aromatic rings. The Balaban J connectivity index is 1.22. The third kappa shape index (κ3) is 3.31. The number of aromatic nitrogens is 1. The number of aromatic amines is 1. The first-order valence-electron chi connectivity index (χ1n) is 9.62. The molecule has 28 heavy (non-hydrogen) atoms. The van der Waals surface area contributed by atoms with Crippen LogP contribution < -0.4 is 14.8 Å². The lowest BCUT2D eigenvalue weighted by molar-refractivity contribution is -0.121. The Morgan fingerprint density at radius 1 is 1.18 bits per heavy atom. The van der Waals surface area contributed by atoms with Crippen molar-refractivity contribution in [1.82, 2.24) is 10.3 Å². The van der Waals surface area contributed by atoms with Gasteiger partial charge in [-0.15, -0.1) is 0 Å². The summed E-state index contributed by atoms with van der Waals surface area (Å²) in [6.07, 6.45) is 3.87. The average molecular weight is 397 g/mol. The second-order valence-electron chi connectivity index (χ2n) is 7.47. The van der Waals surface area contributed by atoms with E-state index in [1.165, 1.54) is 16.6 Å². The van der Waals surface area contributed by atoms with Gasteiger partial charge in [0.1, 0.15) is 0 Å². The topological polar surface area (TPSA) is 63.4 Å². The third-order valence-corrected chi connectivity index (χ3v) is 5.83. The molecule has 0 spiro atoms. The number of halogens is 1. The number of benzene rings is 2. The highest BCUT2D eigenvalue weighted by Crippen LogP contribution is 2.33. The van der Waals surface area contributed by atoms with Gasteiger partial charge in [0.15, 0.2) is 11.5 Å². The van der Waals surface area contributed by atoms with Gasteiger partial charge >= 0.3 is 0 Å². The fraction of sp³-hybridized carbons (Fsp3) is 0.318. The zero-order valence-electron chi connectivity index (χ0n) is 15.4. The molecule has 6 heteroatoms. The van der Waals surface area contributed by atoms with Crippen LogP contribution in [0, 0.1) is 0 Å².